The second kappa shape index (κ2) is 9.79. The molecule has 1 saturated carbocycles. The monoisotopic (exact) mass is 588 g/mol. The maximum Gasteiger partial charge on any atom is 0.168 e. The highest BCUT2D eigenvalue weighted by Crippen LogP contribution is 2.27. The fraction of sp³-hybridized carbons (Fsp3) is 0.208. The summed E-state index contributed by atoms with van der Waals surface area (Å²) in [5.41, 5.74) is 2.91. The molecule has 2 aromatic carbocycles. The lowest BCUT2D eigenvalue weighted by atomic mass is 10.2. The topological polar surface area (TPSA) is 66.6 Å². The number of nitrogens with zero attached hydrogens (tertiary/aromatic N) is 4. The number of halogens is 4. The highest BCUT2D eigenvalue weighted by molar-refractivity contribution is 9.10. The van der Waals surface area contributed by atoms with Crippen molar-refractivity contribution in [2.24, 2.45) is 4.99 Å². The van der Waals surface area contributed by atoms with Crippen LogP contribution in [0.4, 0.5) is 20.4 Å². The standard InChI is InChI=1S/C24H20Br2F2N6/c25-20-5-1-17(27)7-14(20)10-29-11-16-13-31-34-23(32-19-3-4-19)9-22(33-24(16)34)30-12-15-8-18(28)2-6-21(15)26/h1-2,5-9,11,13,19,32H,3-4,10,12H2,(H,30,33). The van der Waals surface area contributed by atoms with E-state index in [1.807, 2.05) is 6.07 Å². The number of fused-ring (bicyclic) bond motifs is 1. The van der Waals surface area contributed by atoms with Crippen molar-refractivity contribution >= 4 is 55.4 Å². The summed E-state index contributed by atoms with van der Waals surface area (Å²) < 4.78 is 30.6. The molecule has 4 aromatic rings. The molecule has 2 heterocycles. The summed E-state index contributed by atoms with van der Waals surface area (Å²) in [7, 11) is 0. The Morgan fingerprint density at radius 2 is 1.74 bits per heavy atom. The zero-order valence-electron chi connectivity index (χ0n) is 17.9. The number of nitrogens with one attached hydrogen (secondary N) is 2. The van der Waals surface area contributed by atoms with E-state index in [-0.39, 0.29) is 11.6 Å². The van der Waals surface area contributed by atoms with Gasteiger partial charge in [-0.2, -0.15) is 9.61 Å². The number of anilines is 2. The van der Waals surface area contributed by atoms with Crippen molar-refractivity contribution in [1.82, 2.24) is 14.6 Å². The summed E-state index contributed by atoms with van der Waals surface area (Å²) in [6.07, 6.45) is 5.62. The summed E-state index contributed by atoms with van der Waals surface area (Å²) in [6, 6.07) is 11.4. The molecule has 6 nitrogen and oxygen atoms in total. The first-order chi connectivity index (χ1) is 16.5. The van der Waals surface area contributed by atoms with E-state index in [1.54, 1.807) is 29.1 Å². The molecule has 1 fully saturated rings. The van der Waals surface area contributed by atoms with Gasteiger partial charge in [-0.05, 0) is 60.4 Å². The van der Waals surface area contributed by atoms with E-state index in [9.17, 15) is 8.78 Å². The van der Waals surface area contributed by atoms with Gasteiger partial charge in [0.05, 0.1) is 18.3 Å². The number of aromatic nitrogens is 3. The lowest BCUT2D eigenvalue weighted by Gasteiger charge is -2.12. The minimum Gasteiger partial charge on any atom is -0.367 e. The second-order valence-electron chi connectivity index (χ2n) is 8.08. The van der Waals surface area contributed by atoms with Gasteiger partial charge in [-0.15, -0.1) is 0 Å². The smallest absolute Gasteiger partial charge is 0.168 e. The van der Waals surface area contributed by atoms with Crippen LogP contribution < -0.4 is 10.6 Å². The van der Waals surface area contributed by atoms with Gasteiger partial charge in [0.25, 0.3) is 0 Å². The molecule has 1 aliphatic rings. The maximum absolute atomic E-state index is 13.7. The van der Waals surface area contributed by atoms with Crippen molar-refractivity contribution in [2.75, 3.05) is 10.6 Å². The summed E-state index contributed by atoms with van der Waals surface area (Å²) in [6.45, 7) is 0.712. The first-order valence-corrected chi connectivity index (χ1v) is 12.3. The van der Waals surface area contributed by atoms with E-state index in [1.165, 1.54) is 24.3 Å². The summed E-state index contributed by atoms with van der Waals surface area (Å²) >= 11 is 6.89. The molecule has 174 valence electrons. The fourth-order valence-corrected chi connectivity index (χ4v) is 4.23. The molecule has 2 N–H and O–H groups in total. The third-order valence-electron chi connectivity index (χ3n) is 5.40. The summed E-state index contributed by atoms with van der Waals surface area (Å²) in [5.74, 6) is 0.858. The Labute approximate surface area is 211 Å². The van der Waals surface area contributed by atoms with Crippen LogP contribution in [0, 0.1) is 11.6 Å². The number of aliphatic imine (C=N–C) groups is 1. The van der Waals surface area contributed by atoms with Crippen LogP contribution in [0.25, 0.3) is 5.65 Å². The van der Waals surface area contributed by atoms with Gasteiger partial charge in [-0.1, -0.05) is 31.9 Å². The van der Waals surface area contributed by atoms with Crippen LogP contribution >= 0.6 is 31.9 Å². The Kier molecular flexibility index (Phi) is 6.60. The quantitative estimate of drug-likeness (QED) is 0.235. The van der Waals surface area contributed by atoms with Crippen LogP contribution in [0.5, 0.6) is 0 Å². The molecular weight excluding hydrogens is 570 g/mol. The van der Waals surface area contributed by atoms with Crippen LogP contribution in [-0.4, -0.2) is 26.9 Å². The number of hydrogen-bond acceptors (Lipinski definition) is 5. The van der Waals surface area contributed by atoms with E-state index in [2.05, 4.69) is 52.6 Å². The van der Waals surface area contributed by atoms with Gasteiger partial charge in [0, 0.05) is 33.8 Å². The van der Waals surface area contributed by atoms with E-state index in [4.69, 9.17) is 4.98 Å². The first-order valence-electron chi connectivity index (χ1n) is 10.7. The van der Waals surface area contributed by atoms with E-state index in [0.29, 0.717) is 30.6 Å². The van der Waals surface area contributed by atoms with Crippen LogP contribution in [0.3, 0.4) is 0 Å². The Morgan fingerprint density at radius 1 is 1.03 bits per heavy atom. The molecular formula is C24H20Br2F2N6. The molecule has 0 radical (unpaired) electrons. The Balaban J connectivity index is 1.42. The van der Waals surface area contributed by atoms with Gasteiger partial charge in [0.15, 0.2) is 5.65 Å². The van der Waals surface area contributed by atoms with Crippen LogP contribution in [-0.2, 0) is 13.1 Å². The van der Waals surface area contributed by atoms with Gasteiger partial charge < -0.3 is 10.6 Å². The van der Waals surface area contributed by atoms with E-state index >= 15 is 0 Å². The average molecular weight is 590 g/mol. The zero-order chi connectivity index (χ0) is 23.7. The molecule has 0 bridgehead atoms. The lowest BCUT2D eigenvalue weighted by molar-refractivity contribution is 0.624. The van der Waals surface area contributed by atoms with Crippen molar-refractivity contribution in [3.05, 3.63) is 85.9 Å². The molecule has 0 unspecified atom stereocenters. The van der Waals surface area contributed by atoms with Gasteiger partial charge in [0.2, 0.25) is 0 Å². The number of benzene rings is 2. The summed E-state index contributed by atoms with van der Waals surface area (Å²) in [4.78, 5) is 9.21. The van der Waals surface area contributed by atoms with Crippen molar-refractivity contribution in [3.63, 3.8) is 0 Å². The molecule has 0 amide bonds. The molecule has 2 aromatic heterocycles. The van der Waals surface area contributed by atoms with Crippen LogP contribution in [0.15, 0.2) is 62.6 Å². The summed E-state index contributed by atoms with van der Waals surface area (Å²) in [5, 5.41) is 11.3. The van der Waals surface area contributed by atoms with E-state index in [0.717, 1.165) is 44.3 Å². The molecule has 0 atom stereocenters. The van der Waals surface area contributed by atoms with Crippen molar-refractivity contribution in [1.29, 1.82) is 0 Å². The minimum absolute atomic E-state index is 0.293. The number of rotatable bonds is 8. The second-order valence-corrected chi connectivity index (χ2v) is 9.78. The zero-order valence-corrected chi connectivity index (χ0v) is 21.1. The Hall–Kier alpha value is -2.85. The van der Waals surface area contributed by atoms with Crippen LogP contribution in [0.1, 0.15) is 29.5 Å². The molecule has 0 saturated heterocycles. The predicted octanol–water partition coefficient (Wildman–Crippen LogP) is 6.34. The largest absolute Gasteiger partial charge is 0.367 e. The molecule has 0 aliphatic heterocycles. The highest BCUT2D eigenvalue weighted by Gasteiger charge is 2.23. The number of hydrogen-bond donors (Lipinski definition) is 2. The third-order valence-corrected chi connectivity index (χ3v) is 6.94. The maximum atomic E-state index is 13.7. The van der Waals surface area contributed by atoms with Gasteiger partial charge in [0.1, 0.15) is 23.3 Å². The predicted molar refractivity (Wildman–Crippen MR) is 136 cm³/mol. The average Bonchev–Trinajstić information content (AvgIpc) is 3.54. The molecule has 10 heteroatoms. The SMILES string of the molecule is Fc1ccc(Br)c(CN=Cc2cnn3c(NC4CC4)cc(NCc4cc(F)ccc4Br)nc23)c1. The van der Waals surface area contributed by atoms with E-state index < -0.39 is 0 Å². The van der Waals surface area contributed by atoms with Crippen molar-refractivity contribution in [3.8, 4) is 0 Å². The minimum atomic E-state index is -0.303. The Morgan fingerprint density at radius 3 is 2.47 bits per heavy atom. The fourth-order valence-electron chi connectivity index (χ4n) is 3.47. The normalized spacial score (nSPS) is 13.6. The molecule has 1 aliphatic carbocycles. The van der Waals surface area contributed by atoms with Gasteiger partial charge in [-0.25, -0.2) is 13.8 Å². The Bertz CT molecular complexity index is 1380. The first kappa shape index (κ1) is 22.9. The third kappa shape index (κ3) is 5.28. The van der Waals surface area contributed by atoms with Crippen LogP contribution in [0.2, 0.25) is 0 Å². The molecule has 5 rings (SSSR count). The molecule has 34 heavy (non-hydrogen) atoms. The van der Waals surface area contributed by atoms with Gasteiger partial charge >= 0.3 is 0 Å². The van der Waals surface area contributed by atoms with Crippen molar-refractivity contribution in [2.45, 2.75) is 32.0 Å². The van der Waals surface area contributed by atoms with Crippen molar-refractivity contribution < 1.29 is 8.78 Å². The lowest BCUT2D eigenvalue weighted by Crippen LogP contribution is -2.10. The van der Waals surface area contributed by atoms with Gasteiger partial charge in [-0.3, -0.25) is 4.99 Å². The highest BCUT2D eigenvalue weighted by atomic mass is 79.9. The molecule has 0 spiro atoms.